The summed E-state index contributed by atoms with van der Waals surface area (Å²) in [5.74, 6) is 0. The van der Waals surface area contributed by atoms with Crippen LogP contribution in [-0.2, 0) is 4.74 Å². The summed E-state index contributed by atoms with van der Waals surface area (Å²) in [5, 5.41) is 0. The standard InChI is InChI=1S/C11H24N2O/c1-5-11(9-14-4)13-7-6-12(3)8-10(13)2/h10-11H,5-9H2,1-4H3/t10-,11?/m1/s1. The highest BCUT2D eigenvalue weighted by molar-refractivity contribution is 4.82. The Hall–Kier alpha value is -0.120. The second-order valence-corrected chi connectivity index (χ2v) is 4.37. The van der Waals surface area contributed by atoms with Crippen LogP contribution in [0.25, 0.3) is 0 Å². The predicted molar refractivity (Wildman–Crippen MR) is 59.6 cm³/mol. The fourth-order valence-electron chi connectivity index (χ4n) is 2.34. The van der Waals surface area contributed by atoms with Gasteiger partial charge in [-0.1, -0.05) is 6.92 Å². The molecule has 14 heavy (non-hydrogen) atoms. The number of hydrogen-bond acceptors (Lipinski definition) is 3. The minimum absolute atomic E-state index is 0.601. The van der Waals surface area contributed by atoms with E-state index < -0.39 is 0 Å². The third-order valence-electron chi connectivity index (χ3n) is 3.18. The Balaban J connectivity index is 2.48. The van der Waals surface area contributed by atoms with Gasteiger partial charge in [-0.2, -0.15) is 0 Å². The first-order valence-corrected chi connectivity index (χ1v) is 5.62. The van der Waals surface area contributed by atoms with Gasteiger partial charge in [-0.3, -0.25) is 4.90 Å². The maximum absolute atomic E-state index is 5.27. The molecule has 3 nitrogen and oxygen atoms in total. The molecule has 0 aromatic heterocycles. The molecule has 0 amide bonds. The summed E-state index contributed by atoms with van der Waals surface area (Å²) in [5.41, 5.74) is 0. The van der Waals surface area contributed by atoms with E-state index in [1.807, 2.05) is 0 Å². The van der Waals surface area contributed by atoms with E-state index in [1.54, 1.807) is 7.11 Å². The summed E-state index contributed by atoms with van der Waals surface area (Å²) in [7, 11) is 3.99. The highest BCUT2D eigenvalue weighted by atomic mass is 16.5. The van der Waals surface area contributed by atoms with Crippen LogP contribution in [0.4, 0.5) is 0 Å². The van der Waals surface area contributed by atoms with Gasteiger partial charge in [0.1, 0.15) is 0 Å². The number of hydrogen-bond donors (Lipinski definition) is 0. The average molecular weight is 200 g/mol. The molecule has 84 valence electrons. The maximum Gasteiger partial charge on any atom is 0.0618 e. The highest BCUT2D eigenvalue weighted by Crippen LogP contribution is 2.14. The lowest BCUT2D eigenvalue weighted by Crippen LogP contribution is -2.55. The van der Waals surface area contributed by atoms with E-state index in [9.17, 15) is 0 Å². The zero-order valence-corrected chi connectivity index (χ0v) is 9.99. The molecule has 0 aromatic rings. The Morgan fingerprint density at radius 1 is 1.43 bits per heavy atom. The molecule has 1 aliphatic rings. The van der Waals surface area contributed by atoms with Crippen molar-refractivity contribution in [2.45, 2.75) is 32.4 Å². The van der Waals surface area contributed by atoms with Crippen LogP contribution in [-0.4, -0.2) is 62.3 Å². The molecule has 1 heterocycles. The van der Waals surface area contributed by atoms with Crippen molar-refractivity contribution in [3.05, 3.63) is 0 Å². The second kappa shape index (κ2) is 5.69. The lowest BCUT2D eigenvalue weighted by molar-refractivity contribution is 0.0213. The van der Waals surface area contributed by atoms with Crippen molar-refractivity contribution in [3.8, 4) is 0 Å². The molecule has 1 aliphatic heterocycles. The van der Waals surface area contributed by atoms with E-state index >= 15 is 0 Å². The summed E-state index contributed by atoms with van der Waals surface area (Å²) < 4.78 is 5.27. The molecular formula is C11H24N2O. The molecule has 1 rings (SSSR count). The van der Waals surface area contributed by atoms with Crippen LogP contribution in [0.2, 0.25) is 0 Å². The van der Waals surface area contributed by atoms with Crippen LogP contribution >= 0.6 is 0 Å². The normalized spacial score (nSPS) is 27.9. The van der Waals surface area contributed by atoms with Gasteiger partial charge in [-0.25, -0.2) is 0 Å². The fourth-order valence-corrected chi connectivity index (χ4v) is 2.34. The van der Waals surface area contributed by atoms with Crippen molar-refractivity contribution in [3.63, 3.8) is 0 Å². The molecule has 0 aromatic carbocycles. The first-order valence-electron chi connectivity index (χ1n) is 5.62. The largest absolute Gasteiger partial charge is 0.383 e. The molecule has 3 heteroatoms. The number of rotatable bonds is 4. The number of methoxy groups -OCH3 is 1. The third kappa shape index (κ3) is 2.94. The van der Waals surface area contributed by atoms with Gasteiger partial charge < -0.3 is 9.64 Å². The van der Waals surface area contributed by atoms with Crippen molar-refractivity contribution in [1.29, 1.82) is 0 Å². The quantitative estimate of drug-likeness (QED) is 0.674. The molecule has 0 radical (unpaired) electrons. The van der Waals surface area contributed by atoms with E-state index in [2.05, 4.69) is 30.7 Å². The van der Waals surface area contributed by atoms with Crippen LogP contribution < -0.4 is 0 Å². The molecule has 1 unspecified atom stereocenters. The van der Waals surface area contributed by atoms with E-state index in [-0.39, 0.29) is 0 Å². The van der Waals surface area contributed by atoms with Crippen LogP contribution in [0.5, 0.6) is 0 Å². The Bertz CT molecular complexity index is 163. The van der Waals surface area contributed by atoms with Crippen LogP contribution in [0.1, 0.15) is 20.3 Å². The Morgan fingerprint density at radius 2 is 2.14 bits per heavy atom. The zero-order valence-electron chi connectivity index (χ0n) is 9.99. The molecule has 0 N–H and O–H groups in total. The lowest BCUT2D eigenvalue weighted by atomic mass is 10.1. The number of piperazine rings is 1. The predicted octanol–water partition coefficient (Wildman–Crippen LogP) is 1.05. The molecule has 0 saturated carbocycles. The van der Waals surface area contributed by atoms with Crippen LogP contribution in [0.15, 0.2) is 0 Å². The van der Waals surface area contributed by atoms with Gasteiger partial charge in [-0.05, 0) is 20.4 Å². The van der Waals surface area contributed by atoms with E-state index in [1.165, 1.54) is 26.1 Å². The molecule has 0 bridgehead atoms. The minimum atomic E-state index is 0.601. The number of nitrogens with zero attached hydrogens (tertiary/aromatic N) is 2. The number of ether oxygens (including phenoxy) is 1. The Morgan fingerprint density at radius 3 is 2.64 bits per heavy atom. The van der Waals surface area contributed by atoms with Gasteiger partial charge in [-0.15, -0.1) is 0 Å². The summed E-state index contributed by atoms with van der Waals surface area (Å²) in [6, 6.07) is 1.26. The van der Waals surface area contributed by atoms with E-state index in [0.29, 0.717) is 12.1 Å². The first kappa shape index (κ1) is 12.0. The highest BCUT2D eigenvalue weighted by Gasteiger charge is 2.26. The molecule has 1 fully saturated rings. The van der Waals surface area contributed by atoms with Gasteiger partial charge in [0, 0.05) is 38.8 Å². The van der Waals surface area contributed by atoms with Crippen molar-refractivity contribution in [1.82, 2.24) is 9.80 Å². The summed E-state index contributed by atoms with van der Waals surface area (Å²) in [6.07, 6.45) is 1.18. The molecular weight excluding hydrogens is 176 g/mol. The van der Waals surface area contributed by atoms with E-state index in [4.69, 9.17) is 4.74 Å². The number of likely N-dealkylation sites (N-methyl/N-ethyl adjacent to an activating group) is 1. The van der Waals surface area contributed by atoms with Crippen LogP contribution in [0.3, 0.4) is 0 Å². The van der Waals surface area contributed by atoms with Crippen molar-refractivity contribution >= 4 is 0 Å². The van der Waals surface area contributed by atoms with Gasteiger partial charge in [0.15, 0.2) is 0 Å². The molecule has 0 aliphatic carbocycles. The molecule has 1 saturated heterocycles. The second-order valence-electron chi connectivity index (χ2n) is 4.37. The third-order valence-corrected chi connectivity index (χ3v) is 3.18. The van der Waals surface area contributed by atoms with Crippen molar-refractivity contribution in [2.75, 3.05) is 40.4 Å². The summed E-state index contributed by atoms with van der Waals surface area (Å²) >= 11 is 0. The van der Waals surface area contributed by atoms with Gasteiger partial charge >= 0.3 is 0 Å². The average Bonchev–Trinajstić information content (AvgIpc) is 2.15. The topological polar surface area (TPSA) is 15.7 Å². The SMILES string of the molecule is CCC(COC)N1CCN(C)C[C@H]1C. The van der Waals surface area contributed by atoms with Gasteiger partial charge in [0.2, 0.25) is 0 Å². The van der Waals surface area contributed by atoms with Gasteiger partial charge in [0.05, 0.1) is 6.61 Å². The smallest absolute Gasteiger partial charge is 0.0618 e. The van der Waals surface area contributed by atoms with E-state index in [0.717, 1.165) is 6.61 Å². The fraction of sp³-hybridized carbons (Fsp3) is 1.00. The van der Waals surface area contributed by atoms with Crippen LogP contribution in [0, 0.1) is 0 Å². The summed E-state index contributed by atoms with van der Waals surface area (Å²) in [4.78, 5) is 4.99. The maximum atomic E-state index is 5.27. The first-order chi connectivity index (χ1) is 6.69. The monoisotopic (exact) mass is 200 g/mol. The zero-order chi connectivity index (χ0) is 10.6. The molecule has 2 atom stereocenters. The van der Waals surface area contributed by atoms with Crippen molar-refractivity contribution in [2.24, 2.45) is 0 Å². The Labute approximate surface area is 88.0 Å². The van der Waals surface area contributed by atoms with Crippen molar-refractivity contribution < 1.29 is 4.74 Å². The molecule has 0 spiro atoms. The lowest BCUT2D eigenvalue weighted by Gasteiger charge is -2.42. The van der Waals surface area contributed by atoms with Gasteiger partial charge in [0.25, 0.3) is 0 Å². The minimum Gasteiger partial charge on any atom is -0.383 e. The Kier molecular flexibility index (Phi) is 4.85. The summed E-state index contributed by atoms with van der Waals surface area (Å²) in [6.45, 7) is 8.97.